The molecule has 3 atom stereocenters. The van der Waals surface area contributed by atoms with E-state index in [0.717, 1.165) is 12.8 Å². The number of hydrogen-bond donors (Lipinski definition) is 4. The molecule has 0 amide bonds. The molecule has 0 aromatic carbocycles. The predicted octanol–water partition coefficient (Wildman–Crippen LogP) is 5.22. The van der Waals surface area contributed by atoms with Crippen molar-refractivity contribution in [3.05, 3.63) is 32.9 Å². The highest BCUT2D eigenvalue weighted by Crippen LogP contribution is 2.59. The monoisotopic (exact) mass is 660 g/mol. The maximum Gasteiger partial charge on any atom is 0.479 e. The summed E-state index contributed by atoms with van der Waals surface area (Å²) in [6.45, 7) is 1.57. The summed E-state index contributed by atoms with van der Waals surface area (Å²) < 4.78 is 57.9. The van der Waals surface area contributed by atoms with Crippen molar-refractivity contribution in [1.29, 1.82) is 0 Å². The fraction of sp³-hybridized carbons (Fsp3) is 0.852. The third-order valence-corrected chi connectivity index (χ3v) is 9.44. The Morgan fingerprint density at radius 1 is 0.860 bits per heavy atom. The molecule has 13 nitrogen and oxygen atoms in total. The highest BCUT2D eigenvalue weighted by molar-refractivity contribution is 7.63. The minimum Gasteiger partial charge on any atom is -0.394 e. The van der Waals surface area contributed by atoms with E-state index >= 15 is 0 Å². The van der Waals surface area contributed by atoms with Crippen LogP contribution in [-0.2, 0) is 34.0 Å². The summed E-state index contributed by atoms with van der Waals surface area (Å²) in [6, 6.07) is 0. The molecule has 0 fully saturated rings. The van der Waals surface area contributed by atoms with Crippen molar-refractivity contribution in [2.75, 3.05) is 32.8 Å². The Kier molecular flexibility index (Phi) is 21.5. The van der Waals surface area contributed by atoms with Crippen molar-refractivity contribution in [2.24, 2.45) is 0 Å². The van der Waals surface area contributed by atoms with Gasteiger partial charge in [0.25, 0.3) is 5.56 Å². The maximum atomic E-state index is 13.4. The number of ether oxygens (including phenoxy) is 2. The summed E-state index contributed by atoms with van der Waals surface area (Å²) in [6.07, 6.45) is 16.2. The van der Waals surface area contributed by atoms with Gasteiger partial charge in [0.05, 0.1) is 32.1 Å². The predicted molar refractivity (Wildman–Crippen MR) is 161 cm³/mol. The van der Waals surface area contributed by atoms with Crippen LogP contribution in [0.3, 0.4) is 0 Å². The fourth-order valence-electron chi connectivity index (χ4n) is 4.25. The lowest BCUT2D eigenvalue weighted by molar-refractivity contribution is 0.0182. The third-order valence-electron chi connectivity index (χ3n) is 6.61. The van der Waals surface area contributed by atoms with Crippen LogP contribution in [0.25, 0.3) is 0 Å². The van der Waals surface area contributed by atoms with Gasteiger partial charge in [-0.15, -0.1) is 0 Å². The summed E-state index contributed by atoms with van der Waals surface area (Å²) in [5, 5.41) is 9.40. The van der Waals surface area contributed by atoms with Gasteiger partial charge < -0.3 is 24.4 Å². The zero-order chi connectivity index (χ0) is 32.0. The Hall–Kier alpha value is -1.21. The standard InChI is InChI=1S/C27H51FN2O11P2/c1-2-3-4-5-6-7-8-9-10-11-12-13-14-15-17-38-18-16-19-40-43(36,37)41-42(34,35)23-39-24(22-31)20-30-21-25(28)26(32)29-27(30)33/h21,24,31H,2-20,22-23H2,1H3,(H,34,35)(H,36,37)(H,29,32,33)/t24-/m0/s1. The zero-order valence-corrected chi connectivity index (χ0v) is 27.1. The van der Waals surface area contributed by atoms with Crippen LogP contribution in [0.15, 0.2) is 15.8 Å². The van der Waals surface area contributed by atoms with Gasteiger partial charge in [-0.2, -0.15) is 4.39 Å². The lowest BCUT2D eigenvalue weighted by Crippen LogP contribution is -2.36. The summed E-state index contributed by atoms with van der Waals surface area (Å²) >= 11 is 0. The highest BCUT2D eigenvalue weighted by Gasteiger charge is 2.34. The molecule has 252 valence electrons. The Balaban J connectivity index is 2.09. The topological polar surface area (TPSA) is 187 Å². The Morgan fingerprint density at radius 2 is 1.40 bits per heavy atom. The molecule has 4 N–H and O–H groups in total. The molecule has 0 spiro atoms. The molecule has 1 rings (SSSR count). The second-order valence-corrected chi connectivity index (χ2v) is 14.0. The molecule has 1 aromatic rings. The van der Waals surface area contributed by atoms with Crippen LogP contribution >= 0.6 is 15.4 Å². The van der Waals surface area contributed by atoms with E-state index in [1.807, 2.05) is 0 Å². The number of nitrogens with zero attached hydrogens (tertiary/aromatic N) is 1. The van der Waals surface area contributed by atoms with E-state index in [9.17, 15) is 38.0 Å². The molecule has 0 aliphatic rings. The quantitative estimate of drug-likeness (QED) is 0.0682. The first-order valence-corrected chi connectivity index (χ1v) is 18.6. The molecule has 0 aliphatic heterocycles. The summed E-state index contributed by atoms with van der Waals surface area (Å²) in [7, 11) is -9.75. The van der Waals surface area contributed by atoms with Crippen LogP contribution in [0, 0.1) is 5.82 Å². The van der Waals surface area contributed by atoms with Crippen molar-refractivity contribution < 1.29 is 46.7 Å². The van der Waals surface area contributed by atoms with Crippen LogP contribution in [0.2, 0.25) is 0 Å². The van der Waals surface area contributed by atoms with Crippen LogP contribution < -0.4 is 11.2 Å². The van der Waals surface area contributed by atoms with E-state index in [2.05, 4.69) is 11.2 Å². The number of aromatic nitrogens is 2. The average molecular weight is 661 g/mol. The van der Waals surface area contributed by atoms with Crippen molar-refractivity contribution in [3.8, 4) is 0 Å². The minimum atomic E-state index is -4.92. The van der Waals surface area contributed by atoms with E-state index in [1.54, 1.807) is 4.98 Å². The second kappa shape index (κ2) is 23.2. The Morgan fingerprint density at radius 3 is 1.95 bits per heavy atom. The van der Waals surface area contributed by atoms with Gasteiger partial charge in [0, 0.05) is 13.2 Å². The largest absolute Gasteiger partial charge is 0.479 e. The van der Waals surface area contributed by atoms with Gasteiger partial charge in [-0.1, -0.05) is 90.4 Å². The first kappa shape index (κ1) is 39.8. The van der Waals surface area contributed by atoms with Crippen LogP contribution in [-0.4, -0.2) is 63.3 Å². The van der Waals surface area contributed by atoms with Crippen molar-refractivity contribution in [2.45, 2.75) is 116 Å². The number of halogens is 1. The molecule has 0 bridgehead atoms. The molecule has 2 unspecified atom stereocenters. The molecule has 1 heterocycles. The van der Waals surface area contributed by atoms with Gasteiger partial charge in [-0.05, 0) is 12.8 Å². The van der Waals surface area contributed by atoms with Crippen molar-refractivity contribution >= 4 is 15.4 Å². The summed E-state index contributed by atoms with van der Waals surface area (Å²) in [5.74, 6) is -1.26. The van der Waals surface area contributed by atoms with Gasteiger partial charge >= 0.3 is 21.1 Å². The number of phosphoric acid groups is 1. The normalized spacial score (nSPS) is 15.3. The van der Waals surface area contributed by atoms with Gasteiger partial charge in [-0.25, -0.2) is 13.7 Å². The molecular formula is C27H51FN2O11P2. The lowest BCUT2D eigenvalue weighted by atomic mass is 10.0. The van der Waals surface area contributed by atoms with Crippen molar-refractivity contribution in [1.82, 2.24) is 9.55 Å². The molecular weight excluding hydrogens is 609 g/mol. The number of H-pyrrole nitrogens is 1. The number of hydrogen-bond acceptors (Lipinski definition) is 9. The van der Waals surface area contributed by atoms with Gasteiger partial charge in [0.2, 0.25) is 5.82 Å². The van der Waals surface area contributed by atoms with E-state index in [0.29, 0.717) is 17.4 Å². The molecule has 0 aliphatic carbocycles. The number of nitrogens with one attached hydrogen (secondary N) is 1. The second-order valence-electron chi connectivity index (χ2n) is 10.6. The molecule has 0 radical (unpaired) electrons. The van der Waals surface area contributed by atoms with Crippen molar-refractivity contribution in [3.63, 3.8) is 0 Å². The lowest BCUT2D eigenvalue weighted by Gasteiger charge is -2.20. The summed E-state index contributed by atoms with van der Waals surface area (Å²) in [5.41, 5.74) is -2.22. The number of rotatable bonds is 28. The summed E-state index contributed by atoms with van der Waals surface area (Å²) in [4.78, 5) is 44.2. The van der Waals surface area contributed by atoms with E-state index < -0.39 is 58.1 Å². The molecule has 16 heteroatoms. The van der Waals surface area contributed by atoms with E-state index in [-0.39, 0.29) is 19.6 Å². The molecule has 43 heavy (non-hydrogen) atoms. The molecule has 0 saturated carbocycles. The fourth-order valence-corrected chi connectivity index (χ4v) is 6.68. The highest BCUT2D eigenvalue weighted by atomic mass is 31.3. The Labute approximate surface area is 253 Å². The third kappa shape index (κ3) is 20.4. The average Bonchev–Trinajstić information content (AvgIpc) is 2.94. The van der Waals surface area contributed by atoms with Crippen LogP contribution in [0.1, 0.15) is 103 Å². The number of unbranched alkanes of at least 4 members (excludes halogenated alkanes) is 13. The smallest absolute Gasteiger partial charge is 0.394 e. The number of aromatic amines is 1. The molecule has 0 saturated heterocycles. The minimum absolute atomic E-state index is 0.257. The van der Waals surface area contributed by atoms with E-state index in [1.165, 1.54) is 77.0 Å². The molecule has 1 aromatic heterocycles. The van der Waals surface area contributed by atoms with Gasteiger partial charge in [0.1, 0.15) is 6.35 Å². The van der Waals surface area contributed by atoms with Gasteiger partial charge in [-0.3, -0.25) is 23.4 Å². The number of phosphoric ester groups is 1. The first-order valence-electron chi connectivity index (χ1n) is 15.3. The number of aliphatic hydroxyl groups excluding tert-OH is 1. The van der Waals surface area contributed by atoms with Crippen LogP contribution in [0.5, 0.6) is 0 Å². The number of aliphatic hydroxyl groups is 1. The van der Waals surface area contributed by atoms with E-state index in [4.69, 9.17) is 14.0 Å². The first-order chi connectivity index (χ1) is 20.5. The Bertz CT molecular complexity index is 1090. The van der Waals surface area contributed by atoms with Gasteiger partial charge in [0.15, 0.2) is 0 Å². The van der Waals surface area contributed by atoms with Crippen LogP contribution in [0.4, 0.5) is 4.39 Å². The zero-order valence-electron chi connectivity index (χ0n) is 25.3. The SMILES string of the molecule is CCCCCCCCCCCCCCCCOCCCOP(=O)(O)OP(=O)(O)CO[C@H](CO)Cn1cc(F)c(=O)[nH]c1=O. The maximum absolute atomic E-state index is 13.4.